The summed E-state index contributed by atoms with van der Waals surface area (Å²) in [5.41, 5.74) is 3.11. The van der Waals surface area contributed by atoms with E-state index in [1.165, 1.54) is 11.4 Å². The van der Waals surface area contributed by atoms with E-state index in [2.05, 4.69) is 25.1 Å². The smallest absolute Gasteiger partial charge is 0.257 e. The molecule has 158 valence electrons. The number of aromatic nitrogens is 2. The van der Waals surface area contributed by atoms with Gasteiger partial charge >= 0.3 is 0 Å². The largest absolute Gasteiger partial charge is 0.496 e. The van der Waals surface area contributed by atoms with Crippen LogP contribution in [0.3, 0.4) is 0 Å². The molecule has 1 heterocycles. The van der Waals surface area contributed by atoms with Crippen molar-refractivity contribution in [3.05, 3.63) is 47.3 Å². The van der Waals surface area contributed by atoms with Crippen LogP contribution in [-0.4, -0.2) is 60.3 Å². The van der Waals surface area contributed by atoms with Gasteiger partial charge in [0, 0.05) is 33.1 Å². The van der Waals surface area contributed by atoms with E-state index < -0.39 is 0 Å². The lowest BCUT2D eigenvalue weighted by atomic mass is 9.80. The minimum atomic E-state index is 0.0302. The number of rotatable bonds is 7. The van der Waals surface area contributed by atoms with Crippen molar-refractivity contribution < 1.29 is 9.53 Å². The highest BCUT2D eigenvalue weighted by Crippen LogP contribution is 2.36. The van der Waals surface area contributed by atoms with E-state index in [0.717, 1.165) is 38.8 Å². The first-order valence-corrected chi connectivity index (χ1v) is 10.4. The minimum absolute atomic E-state index is 0.0302. The summed E-state index contributed by atoms with van der Waals surface area (Å²) >= 11 is 0. The number of hydrogen-bond donors (Lipinski definition) is 0. The second-order valence-corrected chi connectivity index (χ2v) is 8.53. The maximum absolute atomic E-state index is 12.8. The Morgan fingerprint density at radius 1 is 1.17 bits per heavy atom. The summed E-state index contributed by atoms with van der Waals surface area (Å²) < 4.78 is 7.36. The first kappa shape index (κ1) is 21.4. The average Bonchev–Trinajstić information content (AvgIpc) is 3.07. The molecule has 1 saturated carbocycles. The first-order valence-electron chi connectivity index (χ1n) is 10.4. The highest BCUT2D eigenvalue weighted by molar-refractivity contribution is 5.96. The van der Waals surface area contributed by atoms with Crippen LogP contribution in [0.2, 0.25) is 0 Å². The molecule has 3 rings (SSSR count). The maximum Gasteiger partial charge on any atom is 0.257 e. The second kappa shape index (κ2) is 9.44. The SMILES string of the molecule is COc1ccccc1C(=O)N(C)CC1CCC(c2cc(CN(C)C)n(C)n2)CC1. The van der Waals surface area contributed by atoms with Gasteiger partial charge in [-0.2, -0.15) is 5.10 Å². The van der Waals surface area contributed by atoms with Crippen LogP contribution in [0.4, 0.5) is 0 Å². The number of nitrogens with zero attached hydrogens (tertiary/aromatic N) is 4. The summed E-state index contributed by atoms with van der Waals surface area (Å²) in [7, 11) is 9.70. The van der Waals surface area contributed by atoms with Gasteiger partial charge in [0.05, 0.1) is 24.1 Å². The molecule has 0 N–H and O–H groups in total. The number of amides is 1. The predicted molar refractivity (Wildman–Crippen MR) is 115 cm³/mol. The lowest BCUT2D eigenvalue weighted by Gasteiger charge is -2.30. The van der Waals surface area contributed by atoms with E-state index in [1.54, 1.807) is 7.11 Å². The Morgan fingerprint density at radius 3 is 2.52 bits per heavy atom. The molecular weight excluding hydrogens is 364 g/mol. The van der Waals surface area contributed by atoms with E-state index >= 15 is 0 Å². The topological polar surface area (TPSA) is 50.6 Å². The molecular formula is C23H34N4O2. The van der Waals surface area contributed by atoms with Gasteiger partial charge in [0.2, 0.25) is 0 Å². The first-order chi connectivity index (χ1) is 13.9. The molecule has 1 aliphatic rings. The number of carbonyl (C=O) groups is 1. The van der Waals surface area contributed by atoms with Crippen molar-refractivity contribution in [2.75, 3.05) is 34.8 Å². The van der Waals surface area contributed by atoms with Gasteiger partial charge in [-0.05, 0) is 63.9 Å². The van der Waals surface area contributed by atoms with E-state index in [0.29, 0.717) is 23.1 Å². The Hall–Kier alpha value is -2.34. The Bertz CT molecular complexity index is 822. The van der Waals surface area contributed by atoms with Gasteiger partial charge in [0.25, 0.3) is 5.91 Å². The molecule has 1 aliphatic carbocycles. The molecule has 29 heavy (non-hydrogen) atoms. The van der Waals surface area contributed by atoms with Crippen LogP contribution in [0.5, 0.6) is 5.75 Å². The molecule has 0 atom stereocenters. The van der Waals surface area contributed by atoms with Crippen molar-refractivity contribution in [3.63, 3.8) is 0 Å². The molecule has 0 bridgehead atoms. The zero-order valence-electron chi connectivity index (χ0n) is 18.4. The number of carbonyl (C=O) groups excluding carboxylic acids is 1. The lowest BCUT2D eigenvalue weighted by molar-refractivity contribution is 0.0754. The normalized spacial score (nSPS) is 19.4. The Labute approximate surface area is 174 Å². The molecule has 1 fully saturated rings. The Morgan fingerprint density at radius 2 is 1.86 bits per heavy atom. The standard InChI is InChI=1S/C23H34N4O2/c1-25(2)16-19-14-21(24-27(19)4)18-12-10-17(11-13-18)15-26(3)23(28)20-8-6-7-9-22(20)29-5/h6-9,14,17-18H,10-13,15-16H2,1-5H3. The van der Waals surface area contributed by atoms with E-state index in [-0.39, 0.29) is 5.91 Å². The molecule has 0 aliphatic heterocycles. The van der Waals surface area contributed by atoms with Crippen LogP contribution >= 0.6 is 0 Å². The highest BCUT2D eigenvalue weighted by atomic mass is 16.5. The fraction of sp³-hybridized carbons (Fsp3) is 0.565. The number of para-hydroxylation sites is 1. The fourth-order valence-electron chi connectivity index (χ4n) is 4.34. The number of benzene rings is 1. The number of ether oxygens (including phenoxy) is 1. The van der Waals surface area contributed by atoms with E-state index in [9.17, 15) is 4.79 Å². The third-order valence-electron chi connectivity index (χ3n) is 5.96. The van der Waals surface area contributed by atoms with Crippen LogP contribution in [0.1, 0.15) is 53.3 Å². The summed E-state index contributed by atoms with van der Waals surface area (Å²) in [5, 5.41) is 4.77. The molecule has 2 aromatic rings. The predicted octanol–water partition coefficient (Wildman–Crippen LogP) is 3.54. The van der Waals surface area contributed by atoms with Crippen LogP contribution in [0, 0.1) is 5.92 Å². The third kappa shape index (κ3) is 5.18. The van der Waals surface area contributed by atoms with Crippen molar-refractivity contribution in [1.82, 2.24) is 19.6 Å². The zero-order valence-corrected chi connectivity index (χ0v) is 18.4. The molecule has 0 unspecified atom stereocenters. The molecule has 0 saturated heterocycles. The number of methoxy groups -OCH3 is 1. The number of hydrogen-bond acceptors (Lipinski definition) is 4. The van der Waals surface area contributed by atoms with Crippen molar-refractivity contribution in [1.29, 1.82) is 0 Å². The van der Waals surface area contributed by atoms with Gasteiger partial charge in [-0.15, -0.1) is 0 Å². The van der Waals surface area contributed by atoms with Crippen molar-refractivity contribution >= 4 is 5.91 Å². The quantitative estimate of drug-likeness (QED) is 0.716. The molecule has 6 heteroatoms. The average molecular weight is 399 g/mol. The van der Waals surface area contributed by atoms with Gasteiger partial charge in [0.1, 0.15) is 5.75 Å². The number of aryl methyl sites for hydroxylation is 1. The molecule has 1 aromatic heterocycles. The summed E-state index contributed by atoms with van der Waals surface area (Å²) in [5.74, 6) is 1.74. The third-order valence-corrected chi connectivity index (χ3v) is 5.96. The zero-order chi connectivity index (χ0) is 21.0. The molecule has 6 nitrogen and oxygen atoms in total. The van der Waals surface area contributed by atoms with Crippen LogP contribution in [0.25, 0.3) is 0 Å². The summed E-state index contributed by atoms with van der Waals surface area (Å²) in [6, 6.07) is 9.71. The summed E-state index contributed by atoms with van der Waals surface area (Å²) in [6.07, 6.45) is 4.54. The molecule has 1 aromatic carbocycles. The van der Waals surface area contributed by atoms with Crippen LogP contribution in [-0.2, 0) is 13.6 Å². The molecule has 0 radical (unpaired) electrons. The van der Waals surface area contributed by atoms with Crippen LogP contribution in [0.15, 0.2) is 30.3 Å². The van der Waals surface area contributed by atoms with E-state index in [4.69, 9.17) is 9.84 Å². The monoisotopic (exact) mass is 398 g/mol. The van der Waals surface area contributed by atoms with Gasteiger partial charge in [-0.1, -0.05) is 12.1 Å². The van der Waals surface area contributed by atoms with E-state index in [1.807, 2.05) is 47.9 Å². The van der Waals surface area contributed by atoms with Gasteiger partial charge in [-0.25, -0.2) is 0 Å². The fourth-order valence-corrected chi connectivity index (χ4v) is 4.34. The highest BCUT2D eigenvalue weighted by Gasteiger charge is 2.27. The molecule has 0 spiro atoms. The van der Waals surface area contributed by atoms with Crippen molar-refractivity contribution in [3.8, 4) is 5.75 Å². The van der Waals surface area contributed by atoms with Crippen molar-refractivity contribution in [2.24, 2.45) is 13.0 Å². The minimum Gasteiger partial charge on any atom is -0.496 e. The van der Waals surface area contributed by atoms with Gasteiger partial charge < -0.3 is 14.5 Å². The maximum atomic E-state index is 12.8. The Balaban J connectivity index is 1.55. The van der Waals surface area contributed by atoms with Gasteiger partial charge in [0.15, 0.2) is 0 Å². The van der Waals surface area contributed by atoms with Crippen LogP contribution < -0.4 is 4.74 Å². The van der Waals surface area contributed by atoms with Crippen molar-refractivity contribution in [2.45, 2.75) is 38.1 Å². The van der Waals surface area contributed by atoms with Gasteiger partial charge in [-0.3, -0.25) is 9.48 Å². The summed E-state index contributed by atoms with van der Waals surface area (Å²) in [4.78, 5) is 16.9. The Kier molecular flexibility index (Phi) is 6.96. The second-order valence-electron chi connectivity index (χ2n) is 8.53. The lowest BCUT2D eigenvalue weighted by Crippen LogP contribution is -2.33. The summed E-state index contributed by atoms with van der Waals surface area (Å²) in [6.45, 7) is 1.70. The molecule has 1 amide bonds.